The van der Waals surface area contributed by atoms with Gasteiger partial charge in [0.1, 0.15) is 0 Å². The second-order valence-electron chi connectivity index (χ2n) is 3.36. The van der Waals surface area contributed by atoms with Gasteiger partial charge in [-0.05, 0) is 6.92 Å². The molecule has 0 radical (unpaired) electrons. The van der Waals surface area contributed by atoms with Gasteiger partial charge in [-0.2, -0.15) is 0 Å². The summed E-state index contributed by atoms with van der Waals surface area (Å²) in [5.74, 6) is -1.06. The SMILES string of the molecule is Cc1[nH]cnc1C1CC(=O)OC(=O)C1. The van der Waals surface area contributed by atoms with Crippen molar-refractivity contribution < 1.29 is 14.3 Å². The van der Waals surface area contributed by atoms with Crippen molar-refractivity contribution >= 4 is 11.9 Å². The van der Waals surface area contributed by atoms with E-state index in [4.69, 9.17) is 0 Å². The summed E-state index contributed by atoms with van der Waals surface area (Å²) in [5.41, 5.74) is 1.69. The zero-order valence-corrected chi connectivity index (χ0v) is 7.74. The van der Waals surface area contributed by atoms with Crippen molar-refractivity contribution in [2.75, 3.05) is 0 Å². The molecule has 1 fully saturated rings. The summed E-state index contributed by atoms with van der Waals surface area (Å²) in [7, 11) is 0. The highest BCUT2D eigenvalue weighted by atomic mass is 16.6. The number of aromatic nitrogens is 2. The predicted octanol–water partition coefficient (Wildman–Crippen LogP) is 0.665. The maximum atomic E-state index is 11.0. The Labute approximate surface area is 80.5 Å². The standard InChI is InChI=1S/C9H10N2O3/c1-5-9(11-4-10-5)6-2-7(12)14-8(13)3-6/h4,6H,2-3H2,1H3,(H,10,11). The van der Waals surface area contributed by atoms with Crippen LogP contribution in [0.2, 0.25) is 0 Å². The second kappa shape index (κ2) is 3.25. The first-order chi connectivity index (χ1) is 6.66. The van der Waals surface area contributed by atoms with Gasteiger partial charge < -0.3 is 9.72 Å². The summed E-state index contributed by atoms with van der Waals surface area (Å²) in [6.07, 6.45) is 2.03. The molecular formula is C9H10N2O3. The lowest BCUT2D eigenvalue weighted by atomic mass is 9.95. The molecule has 1 aliphatic heterocycles. The zero-order chi connectivity index (χ0) is 10.1. The normalized spacial score (nSPS) is 18.4. The highest BCUT2D eigenvalue weighted by Crippen LogP contribution is 2.28. The van der Waals surface area contributed by atoms with Gasteiger partial charge in [0, 0.05) is 11.6 Å². The number of carbonyl (C=O) groups excluding carboxylic acids is 2. The van der Waals surface area contributed by atoms with E-state index in [1.807, 2.05) is 6.92 Å². The summed E-state index contributed by atoms with van der Waals surface area (Å²) in [6.45, 7) is 1.87. The highest BCUT2D eigenvalue weighted by molar-refractivity contribution is 5.89. The number of imidazole rings is 1. The summed E-state index contributed by atoms with van der Waals surface area (Å²) in [5, 5.41) is 0. The minimum absolute atomic E-state index is 0.130. The number of nitrogens with one attached hydrogen (secondary N) is 1. The predicted molar refractivity (Wildman–Crippen MR) is 46.4 cm³/mol. The van der Waals surface area contributed by atoms with Crippen LogP contribution in [0.1, 0.15) is 30.1 Å². The summed E-state index contributed by atoms with van der Waals surface area (Å²) < 4.78 is 4.44. The number of esters is 2. The van der Waals surface area contributed by atoms with Gasteiger partial charge in [-0.25, -0.2) is 4.98 Å². The molecule has 1 saturated heterocycles. The smallest absolute Gasteiger partial charge is 0.314 e. The maximum absolute atomic E-state index is 11.0. The molecule has 5 nitrogen and oxygen atoms in total. The minimum atomic E-state index is -0.464. The Morgan fingerprint density at radius 1 is 1.43 bits per heavy atom. The highest BCUT2D eigenvalue weighted by Gasteiger charge is 2.30. The van der Waals surface area contributed by atoms with Crippen molar-refractivity contribution in [2.45, 2.75) is 25.7 Å². The molecule has 0 saturated carbocycles. The van der Waals surface area contributed by atoms with Gasteiger partial charge in [-0.1, -0.05) is 0 Å². The largest absolute Gasteiger partial charge is 0.393 e. The fraction of sp³-hybridized carbons (Fsp3) is 0.444. The molecule has 1 aromatic heterocycles. The van der Waals surface area contributed by atoms with Gasteiger partial charge in [-0.15, -0.1) is 0 Å². The van der Waals surface area contributed by atoms with E-state index in [-0.39, 0.29) is 18.8 Å². The number of carbonyl (C=O) groups is 2. The molecule has 2 rings (SSSR count). The van der Waals surface area contributed by atoms with Crippen molar-refractivity contribution in [1.82, 2.24) is 9.97 Å². The van der Waals surface area contributed by atoms with Crippen LogP contribution in [-0.2, 0) is 14.3 Å². The van der Waals surface area contributed by atoms with Crippen LogP contribution in [0, 0.1) is 6.92 Å². The van der Waals surface area contributed by atoms with Crippen molar-refractivity contribution in [3.63, 3.8) is 0 Å². The molecule has 74 valence electrons. The molecule has 0 aromatic carbocycles. The number of cyclic esters (lactones) is 2. The topological polar surface area (TPSA) is 72.1 Å². The van der Waals surface area contributed by atoms with E-state index in [2.05, 4.69) is 14.7 Å². The maximum Gasteiger partial charge on any atom is 0.314 e. The molecule has 0 amide bonds. The van der Waals surface area contributed by atoms with Crippen LogP contribution in [0.5, 0.6) is 0 Å². The van der Waals surface area contributed by atoms with E-state index < -0.39 is 11.9 Å². The van der Waals surface area contributed by atoms with E-state index in [1.54, 1.807) is 6.33 Å². The molecule has 1 aliphatic rings. The molecule has 14 heavy (non-hydrogen) atoms. The van der Waals surface area contributed by atoms with Crippen LogP contribution >= 0.6 is 0 Å². The first-order valence-electron chi connectivity index (χ1n) is 4.40. The summed E-state index contributed by atoms with van der Waals surface area (Å²) >= 11 is 0. The number of H-pyrrole nitrogens is 1. The molecule has 0 unspecified atom stereocenters. The van der Waals surface area contributed by atoms with Gasteiger partial charge >= 0.3 is 11.9 Å². The monoisotopic (exact) mass is 194 g/mol. The fourth-order valence-corrected chi connectivity index (χ4v) is 1.66. The van der Waals surface area contributed by atoms with Gasteiger partial charge in [0.2, 0.25) is 0 Å². The van der Waals surface area contributed by atoms with E-state index in [9.17, 15) is 9.59 Å². The molecule has 2 heterocycles. The Kier molecular flexibility index (Phi) is 2.07. The molecule has 5 heteroatoms. The molecule has 0 spiro atoms. The van der Waals surface area contributed by atoms with Crippen molar-refractivity contribution in [2.24, 2.45) is 0 Å². The lowest BCUT2D eigenvalue weighted by molar-refractivity contribution is -0.164. The summed E-state index contributed by atoms with van der Waals surface area (Å²) in [6, 6.07) is 0. The third kappa shape index (κ3) is 1.53. The molecule has 0 atom stereocenters. The van der Waals surface area contributed by atoms with Crippen LogP contribution in [0.15, 0.2) is 6.33 Å². The van der Waals surface area contributed by atoms with Crippen molar-refractivity contribution in [3.05, 3.63) is 17.7 Å². The van der Waals surface area contributed by atoms with Gasteiger partial charge in [0.05, 0.1) is 24.9 Å². The van der Waals surface area contributed by atoms with Crippen LogP contribution in [-0.4, -0.2) is 21.9 Å². The van der Waals surface area contributed by atoms with Crippen LogP contribution in [0.4, 0.5) is 0 Å². The molecule has 0 aliphatic carbocycles. The minimum Gasteiger partial charge on any atom is -0.393 e. The average Bonchev–Trinajstić information content (AvgIpc) is 2.49. The lowest BCUT2D eigenvalue weighted by Gasteiger charge is -2.18. The quantitative estimate of drug-likeness (QED) is 0.526. The van der Waals surface area contributed by atoms with Gasteiger partial charge in [-0.3, -0.25) is 9.59 Å². The van der Waals surface area contributed by atoms with Crippen molar-refractivity contribution in [3.8, 4) is 0 Å². The third-order valence-electron chi connectivity index (χ3n) is 2.31. The Balaban J connectivity index is 2.23. The van der Waals surface area contributed by atoms with Crippen LogP contribution in [0.25, 0.3) is 0 Å². The second-order valence-corrected chi connectivity index (χ2v) is 3.36. The first-order valence-corrected chi connectivity index (χ1v) is 4.40. The molecular weight excluding hydrogens is 184 g/mol. The third-order valence-corrected chi connectivity index (χ3v) is 2.31. The number of hydrogen-bond donors (Lipinski definition) is 1. The molecule has 0 bridgehead atoms. The van der Waals surface area contributed by atoms with Crippen LogP contribution < -0.4 is 0 Å². The number of hydrogen-bond acceptors (Lipinski definition) is 4. The lowest BCUT2D eigenvalue weighted by Crippen LogP contribution is -2.24. The number of ether oxygens (including phenoxy) is 1. The Bertz CT molecular complexity index is 367. The number of nitrogens with zero attached hydrogens (tertiary/aromatic N) is 1. The Hall–Kier alpha value is -1.65. The number of aryl methyl sites for hydroxylation is 1. The Morgan fingerprint density at radius 3 is 2.57 bits per heavy atom. The van der Waals surface area contributed by atoms with E-state index in [0.717, 1.165) is 11.4 Å². The van der Waals surface area contributed by atoms with Gasteiger partial charge in [0.25, 0.3) is 0 Å². The first kappa shape index (κ1) is 8.93. The van der Waals surface area contributed by atoms with Gasteiger partial charge in [0.15, 0.2) is 0 Å². The zero-order valence-electron chi connectivity index (χ0n) is 7.74. The number of rotatable bonds is 1. The molecule has 1 N–H and O–H groups in total. The molecule has 1 aromatic rings. The van der Waals surface area contributed by atoms with E-state index in [0.29, 0.717) is 0 Å². The average molecular weight is 194 g/mol. The fourth-order valence-electron chi connectivity index (χ4n) is 1.66. The van der Waals surface area contributed by atoms with Crippen molar-refractivity contribution in [1.29, 1.82) is 0 Å². The number of aromatic amines is 1. The van der Waals surface area contributed by atoms with Crippen LogP contribution in [0.3, 0.4) is 0 Å². The van der Waals surface area contributed by atoms with E-state index in [1.165, 1.54) is 0 Å². The Morgan fingerprint density at radius 2 is 2.07 bits per heavy atom. The summed E-state index contributed by atoms with van der Waals surface area (Å²) in [4.78, 5) is 29.0. The van der Waals surface area contributed by atoms with E-state index >= 15 is 0 Å².